The van der Waals surface area contributed by atoms with Crippen LogP contribution in [0.15, 0.2) is 28.5 Å². The van der Waals surface area contributed by atoms with Gasteiger partial charge in [-0.05, 0) is 30.3 Å². The van der Waals surface area contributed by atoms with E-state index in [2.05, 4.69) is 10.2 Å². The highest BCUT2D eigenvalue weighted by Crippen LogP contribution is 2.37. The smallest absolute Gasteiger partial charge is 0.338 e. The van der Waals surface area contributed by atoms with Crippen LogP contribution in [-0.4, -0.2) is 27.4 Å². The number of ether oxygens (including phenoxy) is 1. The number of hydrogen-bond acceptors (Lipinski definition) is 7. The number of nitrogen functional groups attached to an aromatic ring is 2. The van der Waals surface area contributed by atoms with Gasteiger partial charge in [0.2, 0.25) is 5.16 Å². The Bertz CT molecular complexity index is 638. The van der Waals surface area contributed by atoms with Crippen molar-refractivity contribution < 1.29 is 9.53 Å². The Hall–Kier alpha value is -1.93. The fourth-order valence-corrected chi connectivity index (χ4v) is 2.61. The predicted molar refractivity (Wildman–Crippen MR) is 80.7 cm³/mol. The maximum atomic E-state index is 11.8. The molecule has 0 saturated carbocycles. The number of aromatic nitrogens is 3. The minimum absolute atomic E-state index is 0.310. The number of carbonyl (C=O) groups excluding carboxylic acids is 1. The molecule has 0 spiro atoms. The molecule has 1 aromatic carbocycles. The van der Waals surface area contributed by atoms with Crippen molar-refractivity contribution in [3.63, 3.8) is 0 Å². The lowest BCUT2D eigenvalue weighted by Gasteiger charge is -2.10. The Morgan fingerprint density at radius 3 is 2.86 bits per heavy atom. The lowest BCUT2D eigenvalue weighted by Crippen LogP contribution is -2.09. The first-order valence-electron chi connectivity index (χ1n) is 6.12. The first-order chi connectivity index (χ1) is 10.0. The van der Waals surface area contributed by atoms with Gasteiger partial charge in [0.25, 0.3) is 0 Å². The molecule has 0 atom stereocenters. The fraction of sp³-hybridized carbons (Fsp3) is 0.250. The van der Waals surface area contributed by atoms with Gasteiger partial charge in [0.15, 0.2) is 0 Å². The van der Waals surface area contributed by atoms with Crippen LogP contribution in [-0.2, 0) is 4.74 Å². The molecule has 2 aromatic rings. The molecule has 0 amide bonds. The van der Waals surface area contributed by atoms with Crippen LogP contribution < -0.4 is 11.6 Å². The molecule has 112 valence electrons. The second kappa shape index (κ2) is 6.68. The van der Waals surface area contributed by atoms with Gasteiger partial charge in [0.05, 0.1) is 22.1 Å². The lowest BCUT2D eigenvalue weighted by atomic mass is 10.2. The summed E-state index contributed by atoms with van der Waals surface area (Å²) in [6, 6.07) is 3.03. The summed E-state index contributed by atoms with van der Waals surface area (Å²) < 4.78 is 6.30. The Kier molecular flexibility index (Phi) is 4.92. The van der Waals surface area contributed by atoms with Crippen LogP contribution in [0.2, 0.25) is 5.02 Å². The average molecular weight is 328 g/mol. The molecule has 1 heterocycles. The van der Waals surface area contributed by atoms with E-state index in [1.54, 1.807) is 0 Å². The quantitative estimate of drug-likeness (QED) is 0.490. The second-order valence-electron chi connectivity index (χ2n) is 4.14. The zero-order valence-corrected chi connectivity index (χ0v) is 12.8. The molecule has 0 fully saturated rings. The van der Waals surface area contributed by atoms with Gasteiger partial charge >= 0.3 is 5.97 Å². The average Bonchev–Trinajstić information content (AvgIpc) is 2.85. The monoisotopic (exact) mass is 327 g/mol. The Balaban J connectivity index is 2.25. The van der Waals surface area contributed by atoms with Crippen LogP contribution in [0.25, 0.3) is 0 Å². The summed E-state index contributed by atoms with van der Waals surface area (Å²) in [6.07, 6.45) is 2.11. The van der Waals surface area contributed by atoms with Crippen molar-refractivity contribution in [1.82, 2.24) is 14.9 Å². The number of halogens is 1. The van der Waals surface area contributed by atoms with E-state index < -0.39 is 5.97 Å². The summed E-state index contributed by atoms with van der Waals surface area (Å²) in [4.78, 5) is 12.4. The van der Waals surface area contributed by atoms with Gasteiger partial charge in [-0.3, -0.25) is 0 Å². The van der Waals surface area contributed by atoms with Gasteiger partial charge in [-0.1, -0.05) is 18.5 Å². The SMILES string of the molecule is CCCOC(=O)c1cc(N)c(Sc2nncn2N)c(Cl)c1. The Morgan fingerprint density at radius 1 is 1.52 bits per heavy atom. The van der Waals surface area contributed by atoms with E-state index in [-0.39, 0.29) is 0 Å². The van der Waals surface area contributed by atoms with Gasteiger partial charge in [-0.15, -0.1) is 10.2 Å². The minimum atomic E-state index is -0.455. The van der Waals surface area contributed by atoms with Crippen molar-refractivity contribution in [3.05, 3.63) is 29.0 Å². The molecule has 9 heteroatoms. The minimum Gasteiger partial charge on any atom is -0.462 e. The molecule has 0 saturated heterocycles. The molecule has 0 bridgehead atoms. The normalized spacial score (nSPS) is 10.6. The van der Waals surface area contributed by atoms with Crippen LogP contribution in [0.1, 0.15) is 23.7 Å². The van der Waals surface area contributed by atoms with E-state index >= 15 is 0 Å². The Labute approximate surface area is 130 Å². The molecule has 4 N–H and O–H groups in total. The van der Waals surface area contributed by atoms with Gasteiger partial charge in [0.1, 0.15) is 6.33 Å². The highest BCUT2D eigenvalue weighted by molar-refractivity contribution is 7.99. The topological polar surface area (TPSA) is 109 Å². The molecule has 0 unspecified atom stereocenters. The van der Waals surface area contributed by atoms with E-state index in [9.17, 15) is 4.79 Å². The van der Waals surface area contributed by atoms with Crippen molar-refractivity contribution >= 4 is 35.0 Å². The summed E-state index contributed by atoms with van der Waals surface area (Å²) in [5.74, 6) is 5.18. The van der Waals surface area contributed by atoms with Crippen LogP contribution >= 0.6 is 23.4 Å². The molecule has 0 radical (unpaired) electrons. The second-order valence-corrected chi connectivity index (χ2v) is 5.52. The highest BCUT2D eigenvalue weighted by Gasteiger charge is 2.16. The van der Waals surface area contributed by atoms with Gasteiger partial charge in [-0.2, -0.15) is 0 Å². The van der Waals surface area contributed by atoms with Crippen LogP contribution in [0.5, 0.6) is 0 Å². The number of benzene rings is 1. The summed E-state index contributed by atoms with van der Waals surface area (Å²) >= 11 is 7.34. The number of carbonyl (C=O) groups is 1. The lowest BCUT2D eigenvalue weighted by molar-refractivity contribution is 0.0505. The third-order valence-electron chi connectivity index (χ3n) is 2.48. The molecule has 0 aliphatic heterocycles. The van der Waals surface area contributed by atoms with E-state index in [4.69, 9.17) is 27.9 Å². The van der Waals surface area contributed by atoms with Gasteiger partial charge in [-0.25, -0.2) is 9.47 Å². The van der Waals surface area contributed by atoms with Crippen molar-refractivity contribution in [1.29, 1.82) is 0 Å². The number of anilines is 1. The summed E-state index contributed by atoms with van der Waals surface area (Å²) in [5, 5.41) is 8.26. The van der Waals surface area contributed by atoms with Crippen molar-refractivity contribution in [2.75, 3.05) is 18.2 Å². The van der Waals surface area contributed by atoms with Crippen molar-refractivity contribution in [2.45, 2.75) is 23.4 Å². The number of nitrogens with two attached hydrogens (primary N) is 2. The van der Waals surface area contributed by atoms with Crippen molar-refractivity contribution in [3.8, 4) is 0 Å². The molecule has 7 nitrogen and oxygen atoms in total. The molecular formula is C12H14ClN5O2S. The summed E-state index contributed by atoms with van der Waals surface area (Å²) in [6.45, 7) is 2.26. The van der Waals surface area contributed by atoms with Crippen LogP contribution in [0, 0.1) is 0 Å². The Morgan fingerprint density at radius 2 is 2.29 bits per heavy atom. The molecule has 2 rings (SSSR count). The molecular weight excluding hydrogens is 314 g/mol. The molecule has 0 aliphatic rings. The van der Waals surface area contributed by atoms with Crippen LogP contribution in [0.4, 0.5) is 5.69 Å². The first-order valence-corrected chi connectivity index (χ1v) is 7.31. The first kappa shape index (κ1) is 15.5. The number of rotatable bonds is 5. The van der Waals surface area contributed by atoms with Crippen molar-refractivity contribution in [2.24, 2.45) is 0 Å². The summed E-state index contributed by atoms with van der Waals surface area (Å²) in [5.41, 5.74) is 6.60. The fourth-order valence-electron chi connectivity index (χ4n) is 1.51. The van der Waals surface area contributed by atoms with E-state index in [0.29, 0.717) is 32.9 Å². The van der Waals surface area contributed by atoms with E-state index in [1.807, 2.05) is 6.92 Å². The van der Waals surface area contributed by atoms with Gasteiger partial charge in [0, 0.05) is 5.69 Å². The zero-order chi connectivity index (χ0) is 15.4. The van der Waals surface area contributed by atoms with Gasteiger partial charge < -0.3 is 16.3 Å². The molecule has 21 heavy (non-hydrogen) atoms. The zero-order valence-electron chi connectivity index (χ0n) is 11.2. The number of hydrogen-bond donors (Lipinski definition) is 2. The third-order valence-corrected chi connectivity index (χ3v) is 4.02. The number of esters is 1. The summed E-state index contributed by atoms with van der Waals surface area (Å²) in [7, 11) is 0. The van der Waals surface area contributed by atoms with Crippen LogP contribution in [0.3, 0.4) is 0 Å². The predicted octanol–water partition coefficient (Wildman–Crippen LogP) is 1.95. The largest absolute Gasteiger partial charge is 0.462 e. The molecule has 0 aliphatic carbocycles. The van der Waals surface area contributed by atoms with E-state index in [0.717, 1.165) is 6.42 Å². The maximum absolute atomic E-state index is 11.8. The third kappa shape index (κ3) is 3.59. The number of nitrogens with zero attached hydrogens (tertiary/aromatic N) is 3. The van der Waals surface area contributed by atoms with E-state index in [1.165, 1.54) is 34.9 Å². The standard InChI is InChI=1S/C12H14ClN5O2S/c1-2-3-20-11(19)7-4-8(13)10(9(14)5-7)21-12-17-16-6-18(12)15/h4-6H,2-3,14-15H2,1H3. The maximum Gasteiger partial charge on any atom is 0.338 e. The highest BCUT2D eigenvalue weighted by atomic mass is 35.5. The molecule has 1 aromatic heterocycles.